The summed E-state index contributed by atoms with van der Waals surface area (Å²) in [6, 6.07) is 0. The van der Waals surface area contributed by atoms with Gasteiger partial charge in [-0.15, -0.1) is 0 Å². The van der Waals surface area contributed by atoms with Gasteiger partial charge in [-0.1, -0.05) is 0 Å². The quantitative estimate of drug-likeness (QED) is 0.132. The van der Waals surface area contributed by atoms with Crippen LogP contribution in [0, 0.1) is 0 Å². The van der Waals surface area contributed by atoms with Crippen molar-refractivity contribution in [3.8, 4) is 0 Å². The normalized spacial score (nSPS) is 13.3. The molecule has 0 N–H and O–H groups in total. The van der Waals surface area contributed by atoms with E-state index < -0.39 is 18.4 Å². The summed E-state index contributed by atoms with van der Waals surface area (Å²) in [6.07, 6.45) is 16.1. The zero-order valence-corrected chi connectivity index (χ0v) is 21.8. The van der Waals surface area contributed by atoms with E-state index in [2.05, 4.69) is 27.7 Å². The summed E-state index contributed by atoms with van der Waals surface area (Å²) in [5.74, 6) is 0. The van der Waals surface area contributed by atoms with Crippen molar-refractivity contribution < 1.29 is 9.47 Å². The second-order valence-electron chi connectivity index (χ2n) is 8.23. The predicted molar refractivity (Wildman–Crippen MR) is 120 cm³/mol. The molecular weight excluding hydrogens is 427 g/mol. The third-order valence-electron chi connectivity index (χ3n) is 5.90. The van der Waals surface area contributed by atoms with E-state index in [0.717, 1.165) is 26.1 Å². The van der Waals surface area contributed by atoms with Gasteiger partial charge in [0.15, 0.2) is 0 Å². The van der Waals surface area contributed by atoms with Crippen LogP contribution < -0.4 is 0 Å². The molecule has 0 aromatic carbocycles. The first-order chi connectivity index (χ1) is 12.7. The molecule has 0 bridgehead atoms. The Kier molecular flexibility index (Phi) is 19.6. The third-order valence-corrected chi connectivity index (χ3v) is 22.7. The molecule has 0 aliphatic rings. The molecule has 2 nitrogen and oxygen atoms in total. The molecule has 0 radical (unpaired) electrons. The van der Waals surface area contributed by atoms with Crippen LogP contribution in [0.15, 0.2) is 0 Å². The van der Waals surface area contributed by atoms with Gasteiger partial charge >= 0.3 is 170 Å². The topological polar surface area (TPSA) is 18.5 Å². The Morgan fingerprint density at radius 2 is 1.12 bits per heavy atom. The molecule has 0 aliphatic carbocycles. The van der Waals surface area contributed by atoms with Gasteiger partial charge in [0.2, 0.25) is 0 Å². The number of unbranched alkanes of at least 4 members (excludes halogenated alkanes) is 6. The van der Waals surface area contributed by atoms with E-state index in [9.17, 15) is 0 Å². The summed E-state index contributed by atoms with van der Waals surface area (Å²) in [5.41, 5.74) is 0. The van der Waals surface area contributed by atoms with Crippen LogP contribution in [-0.2, 0) is 9.47 Å². The van der Waals surface area contributed by atoms with Crippen molar-refractivity contribution in [2.24, 2.45) is 0 Å². The Morgan fingerprint density at radius 3 is 1.58 bits per heavy atom. The van der Waals surface area contributed by atoms with Crippen LogP contribution in [0.1, 0.15) is 105 Å². The third kappa shape index (κ3) is 12.2. The fourth-order valence-electron chi connectivity index (χ4n) is 4.16. The van der Waals surface area contributed by atoms with E-state index in [0.29, 0.717) is 4.12 Å². The van der Waals surface area contributed by atoms with E-state index in [1.54, 1.807) is 20.4 Å². The van der Waals surface area contributed by atoms with E-state index in [1.807, 2.05) is 0 Å². The Labute approximate surface area is 170 Å². The zero-order chi connectivity index (χ0) is 19.5. The van der Waals surface area contributed by atoms with Crippen LogP contribution in [0.2, 0.25) is 13.3 Å². The first kappa shape index (κ1) is 26.7. The van der Waals surface area contributed by atoms with E-state index in [1.165, 1.54) is 64.2 Å². The molecule has 0 aromatic heterocycles. The monoisotopic (exact) mass is 478 g/mol. The molecule has 26 heavy (non-hydrogen) atoms. The zero-order valence-electron chi connectivity index (χ0n) is 18.9. The van der Waals surface area contributed by atoms with Crippen LogP contribution in [-0.4, -0.2) is 42.8 Å². The van der Waals surface area contributed by atoms with Crippen LogP contribution in [0.5, 0.6) is 0 Å². The van der Waals surface area contributed by atoms with E-state index >= 15 is 0 Å². The molecule has 0 aliphatic heterocycles. The molecule has 0 aromatic rings. The van der Waals surface area contributed by atoms with Crippen molar-refractivity contribution in [3.05, 3.63) is 0 Å². The van der Waals surface area contributed by atoms with Gasteiger partial charge in [-0.3, -0.25) is 0 Å². The van der Waals surface area contributed by atoms with Gasteiger partial charge in [0.25, 0.3) is 0 Å². The first-order valence-corrected chi connectivity index (χ1v) is 19.5. The molecule has 1 atom stereocenters. The number of ether oxygens (including phenoxy) is 2. The average molecular weight is 477 g/mol. The maximum atomic E-state index is 6.73. The second-order valence-corrected chi connectivity index (χ2v) is 22.1. The second kappa shape index (κ2) is 19.1. The molecule has 0 amide bonds. The predicted octanol–water partition coefficient (Wildman–Crippen LogP) is 7.77. The summed E-state index contributed by atoms with van der Waals surface area (Å²) in [4.78, 5) is 0. The van der Waals surface area contributed by atoms with Crippen LogP contribution >= 0.6 is 0 Å². The Hall–Kier alpha value is 0.719. The van der Waals surface area contributed by atoms with Crippen molar-refractivity contribution in [2.45, 2.75) is 122 Å². The molecular formula is C23H50O2Sn. The van der Waals surface area contributed by atoms with Crippen molar-refractivity contribution in [2.75, 3.05) is 20.3 Å². The summed E-state index contributed by atoms with van der Waals surface area (Å²) >= 11 is -2.27. The molecule has 0 unspecified atom stereocenters. The average Bonchev–Trinajstić information content (AvgIpc) is 2.66. The van der Waals surface area contributed by atoms with Crippen LogP contribution in [0.4, 0.5) is 0 Å². The molecule has 3 heteroatoms. The van der Waals surface area contributed by atoms with Crippen molar-refractivity contribution in [3.63, 3.8) is 0 Å². The van der Waals surface area contributed by atoms with E-state index in [-0.39, 0.29) is 0 Å². The fraction of sp³-hybridized carbons (Fsp3) is 1.00. The molecule has 0 rings (SSSR count). The summed E-state index contributed by atoms with van der Waals surface area (Å²) < 4.78 is 17.3. The number of methoxy groups -OCH3 is 1. The minimum absolute atomic E-state index is 0.669. The fourth-order valence-corrected chi connectivity index (χ4v) is 21.8. The number of rotatable bonds is 20. The Balaban J connectivity index is 5.10. The van der Waals surface area contributed by atoms with Gasteiger partial charge in [-0.25, -0.2) is 0 Å². The van der Waals surface area contributed by atoms with E-state index in [4.69, 9.17) is 9.47 Å². The first-order valence-electron chi connectivity index (χ1n) is 11.8. The molecule has 0 saturated carbocycles. The molecule has 158 valence electrons. The molecule has 0 saturated heterocycles. The maximum absolute atomic E-state index is 6.73. The minimum atomic E-state index is -2.27. The van der Waals surface area contributed by atoms with Crippen molar-refractivity contribution in [1.82, 2.24) is 0 Å². The SMILES string of the molecule is CCCCC[C@H](OCCCCOC)[Sn]([CH2]CCC)([CH2]CCC)[CH2]CCC. The summed E-state index contributed by atoms with van der Waals surface area (Å²) in [5, 5.41) is 0. The van der Waals surface area contributed by atoms with Gasteiger partial charge in [0, 0.05) is 0 Å². The van der Waals surface area contributed by atoms with Gasteiger partial charge < -0.3 is 0 Å². The summed E-state index contributed by atoms with van der Waals surface area (Å²) in [6.45, 7) is 11.3. The molecule has 0 fully saturated rings. The molecule has 0 spiro atoms. The molecule has 0 heterocycles. The van der Waals surface area contributed by atoms with Crippen molar-refractivity contribution in [1.29, 1.82) is 0 Å². The number of hydrogen-bond donors (Lipinski definition) is 0. The summed E-state index contributed by atoms with van der Waals surface area (Å²) in [7, 11) is 1.80. The Morgan fingerprint density at radius 1 is 0.615 bits per heavy atom. The van der Waals surface area contributed by atoms with Crippen LogP contribution in [0.25, 0.3) is 0 Å². The standard InChI is InChI=1S/C11H23O2.3C4H9.Sn/c1-3-4-5-6-10-13-11-8-7-9-12-2;3*1-3-4-2;/h10H,3-9,11H2,1-2H3;3*1,3-4H2,2H3;. The van der Waals surface area contributed by atoms with Gasteiger partial charge in [0.1, 0.15) is 0 Å². The van der Waals surface area contributed by atoms with Gasteiger partial charge in [0.05, 0.1) is 0 Å². The van der Waals surface area contributed by atoms with Gasteiger partial charge in [-0.2, -0.15) is 0 Å². The number of hydrogen-bond acceptors (Lipinski definition) is 2. The van der Waals surface area contributed by atoms with Gasteiger partial charge in [-0.05, 0) is 0 Å². The van der Waals surface area contributed by atoms with Crippen LogP contribution in [0.3, 0.4) is 0 Å². The van der Waals surface area contributed by atoms with Crippen molar-refractivity contribution >= 4 is 18.4 Å². The Bertz CT molecular complexity index is 262.